The van der Waals surface area contributed by atoms with Gasteiger partial charge in [0.25, 0.3) is 0 Å². The lowest BCUT2D eigenvalue weighted by Gasteiger charge is -2.29. The van der Waals surface area contributed by atoms with Gasteiger partial charge in [-0.15, -0.1) is 0 Å². The minimum Gasteiger partial charge on any atom is -0.338 e. The standard InChI is InChI=1S/C20H19FN2O2/c21-17-7-3-4-8-18(17)22-19(24)15-11-16(15)20(25)23-10-9-13-5-1-2-6-14(13)12-23/h1-8,15-16H,9-12H2,(H,22,24). The van der Waals surface area contributed by atoms with Crippen molar-refractivity contribution in [1.82, 2.24) is 4.90 Å². The Morgan fingerprint density at radius 2 is 1.72 bits per heavy atom. The number of rotatable bonds is 3. The predicted octanol–water partition coefficient (Wildman–Crippen LogP) is 2.99. The summed E-state index contributed by atoms with van der Waals surface area (Å²) in [5.74, 6) is -1.35. The van der Waals surface area contributed by atoms with Crippen LogP contribution < -0.4 is 5.32 Å². The van der Waals surface area contributed by atoms with Gasteiger partial charge < -0.3 is 10.2 Å². The Labute approximate surface area is 145 Å². The molecule has 2 amide bonds. The van der Waals surface area contributed by atoms with Crippen molar-refractivity contribution in [2.75, 3.05) is 11.9 Å². The molecule has 1 saturated carbocycles. The second-order valence-electron chi connectivity index (χ2n) is 6.70. The molecule has 1 N–H and O–H groups in total. The topological polar surface area (TPSA) is 49.4 Å². The number of carbonyl (C=O) groups excluding carboxylic acids is 2. The first kappa shape index (κ1) is 15.8. The first-order chi connectivity index (χ1) is 12.1. The third-order valence-corrected chi connectivity index (χ3v) is 5.02. The van der Waals surface area contributed by atoms with Gasteiger partial charge in [0.05, 0.1) is 17.5 Å². The van der Waals surface area contributed by atoms with E-state index in [1.807, 2.05) is 23.1 Å². The van der Waals surface area contributed by atoms with E-state index >= 15 is 0 Å². The molecule has 1 aliphatic carbocycles. The van der Waals surface area contributed by atoms with Gasteiger partial charge in [0.2, 0.25) is 11.8 Å². The molecule has 1 aliphatic heterocycles. The molecular formula is C20H19FN2O2. The fourth-order valence-electron chi connectivity index (χ4n) is 3.46. The summed E-state index contributed by atoms with van der Waals surface area (Å²) in [6.45, 7) is 1.29. The van der Waals surface area contributed by atoms with Gasteiger partial charge in [-0.25, -0.2) is 4.39 Å². The van der Waals surface area contributed by atoms with E-state index in [0.717, 1.165) is 6.42 Å². The van der Waals surface area contributed by atoms with Crippen LogP contribution in [0.15, 0.2) is 48.5 Å². The highest BCUT2D eigenvalue weighted by atomic mass is 19.1. The van der Waals surface area contributed by atoms with Crippen molar-refractivity contribution in [2.45, 2.75) is 19.4 Å². The number of fused-ring (bicyclic) bond motifs is 1. The van der Waals surface area contributed by atoms with E-state index < -0.39 is 5.82 Å². The van der Waals surface area contributed by atoms with E-state index in [-0.39, 0.29) is 29.3 Å². The normalized spacial score (nSPS) is 21.4. The molecule has 0 spiro atoms. The molecule has 0 bridgehead atoms. The van der Waals surface area contributed by atoms with Crippen LogP contribution >= 0.6 is 0 Å². The number of halogens is 1. The highest BCUT2D eigenvalue weighted by Gasteiger charge is 2.49. The van der Waals surface area contributed by atoms with Crippen molar-refractivity contribution < 1.29 is 14.0 Å². The SMILES string of the molecule is O=C(Nc1ccccc1F)C1CC1C(=O)N1CCc2ccccc2C1. The van der Waals surface area contributed by atoms with E-state index in [0.29, 0.717) is 19.5 Å². The number of carbonyl (C=O) groups is 2. The van der Waals surface area contributed by atoms with Crippen LogP contribution in [0, 0.1) is 17.7 Å². The number of nitrogens with zero attached hydrogens (tertiary/aromatic N) is 1. The highest BCUT2D eigenvalue weighted by molar-refractivity contribution is 5.99. The zero-order chi connectivity index (χ0) is 17.4. The van der Waals surface area contributed by atoms with Gasteiger partial charge in [0.1, 0.15) is 5.82 Å². The second-order valence-corrected chi connectivity index (χ2v) is 6.70. The Balaban J connectivity index is 1.37. The molecule has 5 heteroatoms. The van der Waals surface area contributed by atoms with Crippen LogP contribution in [0.1, 0.15) is 17.5 Å². The summed E-state index contributed by atoms with van der Waals surface area (Å²) < 4.78 is 13.6. The van der Waals surface area contributed by atoms with Crippen LogP contribution in [0.25, 0.3) is 0 Å². The van der Waals surface area contributed by atoms with Gasteiger partial charge in [-0.1, -0.05) is 36.4 Å². The fourth-order valence-corrected chi connectivity index (χ4v) is 3.46. The van der Waals surface area contributed by atoms with E-state index in [2.05, 4.69) is 11.4 Å². The number of benzene rings is 2. The van der Waals surface area contributed by atoms with Crippen LogP contribution in [0.2, 0.25) is 0 Å². The summed E-state index contributed by atoms with van der Waals surface area (Å²) in [6.07, 6.45) is 1.39. The first-order valence-electron chi connectivity index (χ1n) is 8.54. The Morgan fingerprint density at radius 1 is 1.00 bits per heavy atom. The zero-order valence-electron chi connectivity index (χ0n) is 13.7. The summed E-state index contributed by atoms with van der Waals surface area (Å²) in [5, 5.41) is 2.59. The van der Waals surface area contributed by atoms with Crippen LogP contribution in [-0.2, 0) is 22.6 Å². The molecule has 2 unspecified atom stereocenters. The largest absolute Gasteiger partial charge is 0.338 e. The summed E-state index contributed by atoms with van der Waals surface area (Å²) >= 11 is 0. The van der Waals surface area contributed by atoms with Crippen LogP contribution in [0.5, 0.6) is 0 Å². The van der Waals surface area contributed by atoms with E-state index in [1.165, 1.54) is 23.3 Å². The smallest absolute Gasteiger partial charge is 0.228 e. The van der Waals surface area contributed by atoms with Gasteiger partial charge in [0, 0.05) is 13.1 Å². The molecule has 25 heavy (non-hydrogen) atoms. The van der Waals surface area contributed by atoms with Gasteiger partial charge >= 0.3 is 0 Å². The molecule has 4 nitrogen and oxygen atoms in total. The Morgan fingerprint density at radius 3 is 2.52 bits per heavy atom. The molecule has 0 radical (unpaired) electrons. The third-order valence-electron chi connectivity index (χ3n) is 5.02. The van der Waals surface area contributed by atoms with E-state index in [4.69, 9.17) is 0 Å². The Bertz CT molecular complexity index is 836. The molecular weight excluding hydrogens is 319 g/mol. The van der Waals surface area contributed by atoms with Crippen LogP contribution in [0.3, 0.4) is 0 Å². The van der Waals surface area contributed by atoms with Crippen molar-refractivity contribution in [3.8, 4) is 0 Å². The quantitative estimate of drug-likeness (QED) is 0.935. The van der Waals surface area contributed by atoms with Gasteiger partial charge in [-0.05, 0) is 36.1 Å². The van der Waals surface area contributed by atoms with Crippen molar-refractivity contribution in [3.63, 3.8) is 0 Å². The summed E-state index contributed by atoms with van der Waals surface area (Å²) in [7, 11) is 0. The molecule has 2 aromatic rings. The maximum absolute atomic E-state index is 13.6. The fraction of sp³-hybridized carbons (Fsp3) is 0.300. The molecule has 128 valence electrons. The maximum atomic E-state index is 13.6. The Hall–Kier alpha value is -2.69. The molecule has 2 aliphatic rings. The van der Waals surface area contributed by atoms with Crippen molar-refractivity contribution in [3.05, 3.63) is 65.5 Å². The molecule has 2 aromatic carbocycles. The monoisotopic (exact) mass is 338 g/mol. The molecule has 2 atom stereocenters. The highest BCUT2D eigenvalue weighted by Crippen LogP contribution is 2.41. The second kappa shape index (κ2) is 6.31. The zero-order valence-corrected chi connectivity index (χ0v) is 13.7. The summed E-state index contributed by atoms with van der Waals surface area (Å²) in [6, 6.07) is 14.2. The van der Waals surface area contributed by atoms with Crippen molar-refractivity contribution in [1.29, 1.82) is 0 Å². The number of anilines is 1. The number of para-hydroxylation sites is 1. The van der Waals surface area contributed by atoms with Gasteiger partial charge in [0.15, 0.2) is 0 Å². The lowest BCUT2D eigenvalue weighted by molar-refractivity contribution is -0.135. The predicted molar refractivity (Wildman–Crippen MR) is 92.2 cm³/mol. The number of hydrogen-bond acceptors (Lipinski definition) is 2. The number of amides is 2. The molecule has 4 rings (SSSR count). The molecule has 0 aromatic heterocycles. The lowest BCUT2D eigenvalue weighted by atomic mass is 9.99. The van der Waals surface area contributed by atoms with Gasteiger partial charge in [-0.3, -0.25) is 9.59 Å². The van der Waals surface area contributed by atoms with Crippen molar-refractivity contribution in [2.24, 2.45) is 11.8 Å². The van der Waals surface area contributed by atoms with E-state index in [9.17, 15) is 14.0 Å². The average molecular weight is 338 g/mol. The summed E-state index contributed by atoms with van der Waals surface area (Å²) in [5.41, 5.74) is 2.63. The summed E-state index contributed by atoms with van der Waals surface area (Å²) in [4.78, 5) is 26.8. The van der Waals surface area contributed by atoms with Gasteiger partial charge in [-0.2, -0.15) is 0 Å². The lowest BCUT2D eigenvalue weighted by Crippen LogP contribution is -2.37. The maximum Gasteiger partial charge on any atom is 0.228 e. The molecule has 1 fully saturated rings. The number of nitrogens with one attached hydrogen (secondary N) is 1. The molecule has 0 saturated heterocycles. The van der Waals surface area contributed by atoms with Crippen molar-refractivity contribution >= 4 is 17.5 Å². The number of hydrogen-bond donors (Lipinski definition) is 1. The minimum atomic E-state index is -0.466. The van der Waals surface area contributed by atoms with Crippen LogP contribution in [-0.4, -0.2) is 23.3 Å². The molecule has 1 heterocycles. The first-order valence-corrected chi connectivity index (χ1v) is 8.54. The minimum absolute atomic E-state index is 0.0307. The average Bonchev–Trinajstić information content (AvgIpc) is 3.43. The Kier molecular flexibility index (Phi) is 3.99. The van der Waals surface area contributed by atoms with Crippen LogP contribution in [0.4, 0.5) is 10.1 Å². The third kappa shape index (κ3) is 3.14. The van der Waals surface area contributed by atoms with E-state index in [1.54, 1.807) is 12.1 Å².